The highest BCUT2D eigenvalue weighted by molar-refractivity contribution is 7.59. The van der Waals surface area contributed by atoms with E-state index >= 15 is 0 Å². The first-order valence-corrected chi connectivity index (χ1v) is 6.04. The van der Waals surface area contributed by atoms with E-state index in [0.717, 1.165) is 6.42 Å². The molecule has 1 rings (SSSR count). The Bertz CT molecular complexity index is 208. The van der Waals surface area contributed by atoms with Gasteiger partial charge in [0.15, 0.2) is 0 Å². The van der Waals surface area contributed by atoms with E-state index in [1.807, 2.05) is 19.9 Å². The van der Waals surface area contributed by atoms with Crippen molar-refractivity contribution in [3.05, 3.63) is 11.6 Å². The average molecular weight is 174 g/mol. The Morgan fingerprint density at radius 3 is 2.91 bits per heavy atom. The Morgan fingerprint density at radius 1 is 1.73 bits per heavy atom. The molecule has 1 unspecified atom stereocenters. The standard InChI is InChI=1S/C8H15O2P/c1-3-5-10-11(9)6-4-8(2)7-11/h4H,3,5-7H2,1-2H3. The molecule has 1 heterocycles. The van der Waals surface area contributed by atoms with Gasteiger partial charge in [0, 0.05) is 12.3 Å². The molecule has 1 aliphatic heterocycles. The Kier molecular flexibility index (Phi) is 2.91. The van der Waals surface area contributed by atoms with Crippen molar-refractivity contribution in [3.8, 4) is 0 Å². The predicted molar refractivity (Wildman–Crippen MR) is 47.3 cm³/mol. The Hall–Kier alpha value is -0.0700. The highest BCUT2D eigenvalue weighted by Crippen LogP contribution is 2.52. The second kappa shape index (κ2) is 3.55. The summed E-state index contributed by atoms with van der Waals surface area (Å²) in [6.45, 7) is 4.68. The van der Waals surface area contributed by atoms with Crippen molar-refractivity contribution in [2.75, 3.05) is 18.9 Å². The third-order valence-corrected chi connectivity index (χ3v) is 4.11. The van der Waals surface area contributed by atoms with Crippen LogP contribution in [-0.4, -0.2) is 18.9 Å². The second-order valence-electron chi connectivity index (χ2n) is 3.04. The van der Waals surface area contributed by atoms with Gasteiger partial charge < -0.3 is 4.52 Å². The Labute approximate surface area is 68.1 Å². The summed E-state index contributed by atoms with van der Waals surface area (Å²) in [5.74, 6) is 0. The minimum absolute atomic E-state index is 0.637. The van der Waals surface area contributed by atoms with Crippen molar-refractivity contribution >= 4 is 7.37 Å². The molecule has 1 aliphatic rings. The van der Waals surface area contributed by atoms with Gasteiger partial charge in [0.25, 0.3) is 0 Å². The molecule has 0 aromatic heterocycles. The highest BCUT2D eigenvalue weighted by atomic mass is 31.2. The number of rotatable bonds is 3. The molecule has 0 saturated heterocycles. The predicted octanol–water partition coefficient (Wildman–Crippen LogP) is 2.65. The minimum Gasteiger partial charge on any atom is -0.328 e. The maximum atomic E-state index is 11.7. The van der Waals surface area contributed by atoms with Crippen LogP contribution in [0.3, 0.4) is 0 Å². The van der Waals surface area contributed by atoms with Crippen LogP contribution in [0.15, 0.2) is 11.6 Å². The van der Waals surface area contributed by atoms with Gasteiger partial charge in [-0.1, -0.05) is 18.6 Å². The van der Waals surface area contributed by atoms with E-state index in [4.69, 9.17) is 4.52 Å². The number of hydrogen-bond donors (Lipinski definition) is 0. The zero-order chi connectivity index (χ0) is 8.32. The van der Waals surface area contributed by atoms with Crippen LogP contribution in [0.25, 0.3) is 0 Å². The first kappa shape index (κ1) is 9.02. The summed E-state index contributed by atoms with van der Waals surface area (Å²) < 4.78 is 17.0. The molecule has 0 spiro atoms. The van der Waals surface area contributed by atoms with Gasteiger partial charge in [-0.3, -0.25) is 4.57 Å². The summed E-state index contributed by atoms with van der Waals surface area (Å²) in [7, 11) is -2.24. The lowest BCUT2D eigenvalue weighted by atomic mass is 10.3. The normalized spacial score (nSPS) is 30.5. The van der Waals surface area contributed by atoms with Crippen LogP contribution in [0, 0.1) is 0 Å². The van der Waals surface area contributed by atoms with Crippen LogP contribution >= 0.6 is 7.37 Å². The Morgan fingerprint density at radius 2 is 2.45 bits per heavy atom. The van der Waals surface area contributed by atoms with Gasteiger partial charge in [-0.05, 0) is 13.3 Å². The minimum atomic E-state index is -2.24. The molecule has 0 saturated carbocycles. The summed E-state index contributed by atoms with van der Waals surface area (Å²) in [4.78, 5) is 0. The first-order valence-electron chi connectivity index (χ1n) is 4.04. The largest absolute Gasteiger partial charge is 0.328 e. The third kappa shape index (κ3) is 2.46. The Balaban J connectivity index is 2.40. The van der Waals surface area contributed by atoms with Gasteiger partial charge in [0.1, 0.15) is 0 Å². The molecule has 0 aliphatic carbocycles. The lowest BCUT2D eigenvalue weighted by Crippen LogP contribution is -1.94. The molecule has 64 valence electrons. The van der Waals surface area contributed by atoms with Crippen molar-refractivity contribution in [1.82, 2.24) is 0 Å². The SMILES string of the molecule is CCCOP1(=O)CC=C(C)C1. The third-order valence-electron chi connectivity index (χ3n) is 1.74. The lowest BCUT2D eigenvalue weighted by Gasteiger charge is -2.11. The molecule has 0 fully saturated rings. The van der Waals surface area contributed by atoms with E-state index < -0.39 is 7.37 Å². The molecular formula is C8H15O2P. The van der Waals surface area contributed by atoms with Crippen molar-refractivity contribution in [2.24, 2.45) is 0 Å². The smallest absolute Gasteiger partial charge is 0.210 e. The van der Waals surface area contributed by atoms with Crippen molar-refractivity contribution < 1.29 is 9.09 Å². The van der Waals surface area contributed by atoms with Crippen molar-refractivity contribution in [1.29, 1.82) is 0 Å². The molecule has 0 N–H and O–H groups in total. The van der Waals surface area contributed by atoms with Crippen LogP contribution in [0.5, 0.6) is 0 Å². The van der Waals surface area contributed by atoms with E-state index in [1.54, 1.807) is 0 Å². The van der Waals surface area contributed by atoms with E-state index in [0.29, 0.717) is 18.9 Å². The van der Waals surface area contributed by atoms with E-state index in [2.05, 4.69) is 0 Å². The molecule has 0 amide bonds. The van der Waals surface area contributed by atoms with Gasteiger partial charge in [-0.25, -0.2) is 0 Å². The van der Waals surface area contributed by atoms with Crippen LogP contribution in [0.4, 0.5) is 0 Å². The summed E-state index contributed by atoms with van der Waals surface area (Å²) in [6, 6.07) is 0. The van der Waals surface area contributed by atoms with Crippen LogP contribution < -0.4 is 0 Å². The summed E-state index contributed by atoms with van der Waals surface area (Å²) in [5.41, 5.74) is 1.21. The molecule has 2 nitrogen and oxygen atoms in total. The molecular weight excluding hydrogens is 159 g/mol. The van der Waals surface area contributed by atoms with Gasteiger partial charge in [-0.15, -0.1) is 0 Å². The van der Waals surface area contributed by atoms with E-state index in [1.165, 1.54) is 5.57 Å². The summed E-state index contributed by atoms with van der Waals surface area (Å²) in [5, 5.41) is 0. The van der Waals surface area contributed by atoms with Crippen LogP contribution in [0.2, 0.25) is 0 Å². The van der Waals surface area contributed by atoms with Gasteiger partial charge in [0.2, 0.25) is 7.37 Å². The lowest BCUT2D eigenvalue weighted by molar-refractivity contribution is 0.317. The number of hydrogen-bond acceptors (Lipinski definition) is 2. The fraction of sp³-hybridized carbons (Fsp3) is 0.750. The zero-order valence-corrected chi connectivity index (χ0v) is 8.06. The maximum absolute atomic E-state index is 11.7. The molecule has 1 atom stereocenters. The summed E-state index contributed by atoms with van der Waals surface area (Å²) >= 11 is 0. The van der Waals surface area contributed by atoms with Gasteiger partial charge >= 0.3 is 0 Å². The molecule has 0 bridgehead atoms. The summed E-state index contributed by atoms with van der Waals surface area (Å²) in [6.07, 6.45) is 4.30. The van der Waals surface area contributed by atoms with Crippen LogP contribution in [-0.2, 0) is 9.09 Å². The first-order chi connectivity index (χ1) is 5.16. The van der Waals surface area contributed by atoms with Crippen LogP contribution in [0.1, 0.15) is 20.3 Å². The second-order valence-corrected chi connectivity index (χ2v) is 5.61. The molecule has 0 aromatic carbocycles. The van der Waals surface area contributed by atoms with Crippen molar-refractivity contribution in [2.45, 2.75) is 20.3 Å². The average Bonchev–Trinajstić information content (AvgIpc) is 2.28. The van der Waals surface area contributed by atoms with Crippen molar-refractivity contribution in [3.63, 3.8) is 0 Å². The maximum Gasteiger partial charge on any atom is 0.210 e. The zero-order valence-electron chi connectivity index (χ0n) is 7.17. The highest BCUT2D eigenvalue weighted by Gasteiger charge is 2.26. The van der Waals surface area contributed by atoms with Gasteiger partial charge in [-0.2, -0.15) is 0 Å². The van der Waals surface area contributed by atoms with Gasteiger partial charge in [0.05, 0.1) is 6.61 Å². The molecule has 0 aromatic rings. The molecule has 0 radical (unpaired) electrons. The monoisotopic (exact) mass is 174 g/mol. The topological polar surface area (TPSA) is 26.3 Å². The number of allylic oxidation sites excluding steroid dienone is 2. The van der Waals surface area contributed by atoms with E-state index in [9.17, 15) is 4.57 Å². The quantitative estimate of drug-likeness (QED) is 0.485. The molecule has 3 heteroatoms. The fourth-order valence-electron chi connectivity index (χ4n) is 1.16. The molecule has 11 heavy (non-hydrogen) atoms. The fourth-order valence-corrected chi connectivity index (χ4v) is 3.48. The van der Waals surface area contributed by atoms with E-state index in [-0.39, 0.29) is 0 Å².